The van der Waals surface area contributed by atoms with E-state index >= 15 is 0 Å². The van der Waals surface area contributed by atoms with Crippen LogP contribution in [0.2, 0.25) is 0 Å². The Morgan fingerprint density at radius 2 is 1.94 bits per heavy atom. The summed E-state index contributed by atoms with van der Waals surface area (Å²) in [5, 5.41) is 3.03. The number of nitrogens with one attached hydrogen (secondary N) is 1. The van der Waals surface area contributed by atoms with Crippen LogP contribution >= 0.6 is 15.9 Å². The number of nitrogens with zero attached hydrogens (tertiary/aromatic N) is 1. The lowest BCUT2D eigenvalue weighted by atomic mass is 9.94. The van der Waals surface area contributed by atoms with Crippen LogP contribution in [0.4, 0.5) is 0 Å². The zero-order chi connectivity index (χ0) is 13.1. The topological polar surface area (TPSA) is 32.3 Å². The van der Waals surface area contributed by atoms with E-state index < -0.39 is 0 Å². The van der Waals surface area contributed by atoms with Gasteiger partial charge in [0.2, 0.25) is 5.91 Å². The summed E-state index contributed by atoms with van der Waals surface area (Å²) in [5.41, 5.74) is 0.694. The lowest BCUT2D eigenvalue weighted by molar-refractivity contribution is -0.123. The molecule has 1 N–H and O–H groups in total. The fourth-order valence-corrected chi connectivity index (χ4v) is 2.49. The van der Waals surface area contributed by atoms with Crippen LogP contribution in [0.3, 0.4) is 0 Å². The molecule has 1 aromatic rings. The largest absolute Gasteiger partial charge is 0.346 e. The smallest absolute Gasteiger partial charge is 0.234 e. The number of likely N-dealkylation sites (N-methyl/N-ethyl adjacent to an activating group) is 1. The van der Waals surface area contributed by atoms with Crippen LogP contribution in [0.15, 0.2) is 28.7 Å². The summed E-state index contributed by atoms with van der Waals surface area (Å²) in [5.74, 6) is 0.0238. The lowest BCUT2D eigenvalue weighted by Gasteiger charge is -2.28. The molecule has 0 atom stereocenters. The number of carbonyl (C=O) groups is 1. The normalized spacial score (nSPS) is 11.6. The molecule has 0 heterocycles. The molecule has 94 valence electrons. The Balaban J connectivity index is 2.82. The first-order chi connectivity index (χ1) is 7.83. The monoisotopic (exact) mass is 298 g/mol. The van der Waals surface area contributed by atoms with Crippen LogP contribution in [-0.2, 0) is 10.3 Å². The van der Waals surface area contributed by atoms with E-state index in [1.807, 2.05) is 57.1 Å². The van der Waals surface area contributed by atoms with Gasteiger partial charge in [-0.25, -0.2) is 0 Å². The fraction of sp³-hybridized carbons (Fsp3) is 0.462. The molecule has 0 aliphatic rings. The van der Waals surface area contributed by atoms with Crippen LogP contribution in [0.1, 0.15) is 19.4 Å². The molecule has 1 amide bonds. The minimum atomic E-state index is -0.382. The third kappa shape index (κ3) is 4.13. The lowest BCUT2D eigenvalue weighted by Crippen LogP contribution is -2.44. The quantitative estimate of drug-likeness (QED) is 0.925. The van der Waals surface area contributed by atoms with Gasteiger partial charge in [0, 0.05) is 4.47 Å². The van der Waals surface area contributed by atoms with E-state index in [-0.39, 0.29) is 11.4 Å². The second-order valence-corrected chi connectivity index (χ2v) is 5.75. The van der Waals surface area contributed by atoms with Gasteiger partial charge in [0.25, 0.3) is 0 Å². The summed E-state index contributed by atoms with van der Waals surface area (Å²) in [6, 6.07) is 7.93. The summed E-state index contributed by atoms with van der Waals surface area (Å²) < 4.78 is 1.01. The van der Waals surface area contributed by atoms with Crippen molar-refractivity contribution in [3.05, 3.63) is 34.3 Å². The predicted octanol–water partition coefficient (Wildman–Crippen LogP) is 2.36. The van der Waals surface area contributed by atoms with E-state index in [0.29, 0.717) is 6.54 Å². The summed E-state index contributed by atoms with van der Waals surface area (Å²) in [4.78, 5) is 13.6. The zero-order valence-electron chi connectivity index (χ0n) is 10.7. The molecule has 17 heavy (non-hydrogen) atoms. The Morgan fingerprint density at radius 1 is 1.35 bits per heavy atom. The maximum atomic E-state index is 11.8. The van der Waals surface area contributed by atoms with Crippen LogP contribution in [0, 0.1) is 0 Å². The van der Waals surface area contributed by atoms with E-state index in [0.717, 1.165) is 10.0 Å². The highest BCUT2D eigenvalue weighted by Crippen LogP contribution is 2.27. The molecule has 0 unspecified atom stereocenters. The Bertz CT molecular complexity index is 402. The number of benzene rings is 1. The standard InChI is InChI=1S/C13H19BrN2O/c1-13(2,15-12(17)9-16(3)4)10-7-5-6-8-11(10)14/h5-8H,9H2,1-4H3,(H,15,17). The van der Waals surface area contributed by atoms with E-state index in [9.17, 15) is 4.79 Å². The van der Waals surface area contributed by atoms with E-state index in [2.05, 4.69) is 21.2 Å². The molecular weight excluding hydrogens is 280 g/mol. The van der Waals surface area contributed by atoms with Gasteiger partial charge >= 0.3 is 0 Å². The molecule has 4 heteroatoms. The van der Waals surface area contributed by atoms with Gasteiger partial charge in [-0.2, -0.15) is 0 Å². The molecule has 0 aliphatic carbocycles. The molecule has 0 bridgehead atoms. The van der Waals surface area contributed by atoms with Gasteiger partial charge in [-0.1, -0.05) is 34.1 Å². The third-order valence-corrected chi connectivity index (χ3v) is 3.15. The first-order valence-corrected chi connectivity index (χ1v) is 6.33. The van der Waals surface area contributed by atoms with Crippen LogP contribution < -0.4 is 5.32 Å². The number of hydrogen-bond acceptors (Lipinski definition) is 2. The minimum Gasteiger partial charge on any atom is -0.346 e. The number of hydrogen-bond donors (Lipinski definition) is 1. The molecule has 3 nitrogen and oxygen atoms in total. The molecule has 0 radical (unpaired) electrons. The SMILES string of the molecule is CN(C)CC(=O)NC(C)(C)c1ccccc1Br. The molecule has 1 aromatic carbocycles. The molecule has 0 saturated heterocycles. The first-order valence-electron chi connectivity index (χ1n) is 5.53. The van der Waals surface area contributed by atoms with Crippen molar-refractivity contribution >= 4 is 21.8 Å². The zero-order valence-corrected chi connectivity index (χ0v) is 12.3. The van der Waals surface area contributed by atoms with Gasteiger partial charge < -0.3 is 10.2 Å². The van der Waals surface area contributed by atoms with Gasteiger partial charge in [-0.3, -0.25) is 4.79 Å². The first kappa shape index (κ1) is 14.2. The van der Waals surface area contributed by atoms with Crippen molar-refractivity contribution in [1.82, 2.24) is 10.2 Å². The minimum absolute atomic E-state index is 0.0238. The second-order valence-electron chi connectivity index (χ2n) is 4.89. The van der Waals surface area contributed by atoms with Crippen molar-refractivity contribution in [2.24, 2.45) is 0 Å². The van der Waals surface area contributed by atoms with Gasteiger partial charge in [0.1, 0.15) is 0 Å². The van der Waals surface area contributed by atoms with E-state index in [1.54, 1.807) is 0 Å². The van der Waals surface area contributed by atoms with Crippen molar-refractivity contribution in [3.63, 3.8) is 0 Å². The molecule has 0 saturated carbocycles. The number of carbonyl (C=O) groups excluding carboxylic acids is 1. The number of halogens is 1. The average Bonchev–Trinajstić information content (AvgIpc) is 2.15. The fourth-order valence-electron chi connectivity index (χ4n) is 1.71. The number of amides is 1. The van der Waals surface area contributed by atoms with Gasteiger partial charge in [-0.15, -0.1) is 0 Å². The Kier molecular flexibility index (Phi) is 4.71. The third-order valence-electron chi connectivity index (χ3n) is 2.46. The summed E-state index contributed by atoms with van der Waals surface area (Å²) in [7, 11) is 3.76. The Labute approximate surface area is 111 Å². The van der Waals surface area contributed by atoms with Gasteiger partial charge in [0.05, 0.1) is 12.1 Å². The van der Waals surface area contributed by atoms with Crippen molar-refractivity contribution < 1.29 is 4.79 Å². The Morgan fingerprint density at radius 3 is 2.47 bits per heavy atom. The highest BCUT2D eigenvalue weighted by Gasteiger charge is 2.24. The molecule has 0 aromatic heterocycles. The van der Waals surface area contributed by atoms with Crippen molar-refractivity contribution in [3.8, 4) is 0 Å². The van der Waals surface area contributed by atoms with Gasteiger partial charge in [-0.05, 0) is 39.6 Å². The summed E-state index contributed by atoms with van der Waals surface area (Å²) >= 11 is 3.51. The maximum absolute atomic E-state index is 11.8. The van der Waals surface area contributed by atoms with E-state index in [1.165, 1.54) is 0 Å². The van der Waals surface area contributed by atoms with Crippen LogP contribution in [-0.4, -0.2) is 31.4 Å². The molecular formula is C13H19BrN2O. The maximum Gasteiger partial charge on any atom is 0.234 e. The molecule has 0 spiro atoms. The summed E-state index contributed by atoms with van der Waals surface area (Å²) in [6.45, 7) is 4.40. The van der Waals surface area contributed by atoms with Gasteiger partial charge in [0.15, 0.2) is 0 Å². The van der Waals surface area contributed by atoms with Crippen molar-refractivity contribution in [1.29, 1.82) is 0 Å². The van der Waals surface area contributed by atoms with E-state index in [4.69, 9.17) is 0 Å². The number of rotatable bonds is 4. The second kappa shape index (κ2) is 5.65. The molecule has 0 fully saturated rings. The molecule has 1 rings (SSSR count). The highest BCUT2D eigenvalue weighted by molar-refractivity contribution is 9.10. The molecule has 0 aliphatic heterocycles. The summed E-state index contributed by atoms with van der Waals surface area (Å²) in [6.07, 6.45) is 0. The highest BCUT2D eigenvalue weighted by atomic mass is 79.9. The van der Waals surface area contributed by atoms with Crippen LogP contribution in [0.25, 0.3) is 0 Å². The Hall–Kier alpha value is -0.870. The van der Waals surface area contributed by atoms with Crippen LogP contribution in [0.5, 0.6) is 0 Å². The van der Waals surface area contributed by atoms with Crippen molar-refractivity contribution in [2.45, 2.75) is 19.4 Å². The average molecular weight is 299 g/mol. The van der Waals surface area contributed by atoms with Crippen molar-refractivity contribution in [2.75, 3.05) is 20.6 Å². The predicted molar refractivity (Wildman–Crippen MR) is 73.9 cm³/mol.